The zero-order chi connectivity index (χ0) is 12.3. The van der Waals surface area contributed by atoms with Crippen molar-refractivity contribution < 1.29 is 23.4 Å². The fraction of sp³-hybridized carbons (Fsp3) is 0.333. The second-order valence-corrected chi connectivity index (χ2v) is 2.84. The van der Waals surface area contributed by atoms with Crippen LogP contribution in [0, 0.1) is 0 Å². The number of hydrogen-bond donors (Lipinski definition) is 2. The Morgan fingerprint density at radius 1 is 1.62 bits per heavy atom. The van der Waals surface area contributed by atoms with Crippen LogP contribution >= 0.6 is 0 Å². The number of aromatic hydroxyl groups is 1. The number of nitrogens with one attached hydrogen (secondary N) is 1. The van der Waals surface area contributed by atoms with E-state index < -0.39 is 35.0 Å². The van der Waals surface area contributed by atoms with Gasteiger partial charge < -0.3 is 9.84 Å². The van der Waals surface area contributed by atoms with Gasteiger partial charge >= 0.3 is 5.97 Å². The molecule has 0 aromatic carbocycles. The second-order valence-electron chi connectivity index (χ2n) is 2.84. The maximum Gasteiger partial charge on any atom is 0.343 e. The van der Waals surface area contributed by atoms with E-state index >= 15 is 0 Å². The van der Waals surface area contributed by atoms with Crippen molar-refractivity contribution in [2.24, 2.45) is 0 Å². The van der Waals surface area contributed by atoms with Crippen LogP contribution in [0.15, 0.2) is 10.9 Å². The zero-order valence-electron chi connectivity index (χ0n) is 8.29. The minimum Gasteiger partial charge on any atom is -0.494 e. The van der Waals surface area contributed by atoms with Crippen molar-refractivity contribution in [1.82, 2.24) is 4.98 Å². The van der Waals surface area contributed by atoms with Crippen molar-refractivity contribution in [1.29, 1.82) is 0 Å². The number of halogens is 2. The number of alkyl halides is 2. The van der Waals surface area contributed by atoms with E-state index in [1.807, 2.05) is 0 Å². The highest BCUT2D eigenvalue weighted by Gasteiger charge is 2.20. The summed E-state index contributed by atoms with van der Waals surface area (Å²) >= 11 is 0. The van der Waals surface area contributed by atoms with Crippen molar-refractivity contribution in [2.75, 3.05) is 6.61 Å². The summed E-state index contributed by atoms with van der Waals surface area (Å²) in [7, 11) is 0. The molecule has 1 heterocycles. The van der Waals surface area contributed by atoms with Crippen molar-refractivity contribution in [3.05, 3.63) is 27.5 Å². The van der Waals surface area contributed by atoms with Gasteiger partial charge in [0.05, 0.1) is 12.2 Å². The van der Waals surface area contributed by atoms with Crippen molar-refractivity contribution in [3.63, 3.8) is 0 Å². The number of pyridine rings is 1. The zero-order valence-corrected chi connectivity index (χ0v) is 8.29. The average Bonchev–Trinajstić information content (AvgIpc) is 2.17. The van der Waals surface area contributed by atoms with E-state index in [1.165, 1.54) is 6.92 Å². The highest BCUT2D eigenvalue weighted by molar-refractivity contribution is 5.91. The Hall–Kier alpha value is -1.92. The SMILES string of the molecule is CCOC(=O)c1cc(C(F)F)c(=O)[nH]c1O. The Balaban J connectivity index is 3.25. The molecule has 0 radical (unpaired) electrons. The van der Waals surface area contributed by atoms with E-state index in [0.29, 0.717) is 6.07 Å². The summed E-state index contributed by atoms with van der Waals surface area (Å²) in [5.74, 6) is -1.76. The second kappa shape index (κ2) is 4.73. The Labute approximate surface area is 88.7 Å². The molecule has 0 spiro atoms. The van der Waals surface area contributed by atoms with Crippen LogP contribution in [0.3, 0.4) is 0 Å². The molecule has 1 aromatic heterocycles. The molecular weight excluding hydrogens is 224 g/mol. The van der Waals surface area contributed by atoms with Crippen LogP contribution in [-0.2, 0) is 4.74 Å². The predicted octanol–water partition coefficient (Wildman–Crippen LogP) is 1.19. The van der Waals surface area contributed by atoms with Crippen LogP contribution in [0.25, 0.3) is 0 Å². The smallest absolute Gasteiger partial charge is 0.343 e. The van der Waals surface area contributed by atoms with Crippen molar-refractivity contribution >= 4 is 5.97 Å². The lowest BCUT2D eigenvalue weighted by Crippen LogP contribution is -2.16. The Kier molecular flexibility index (Phi) is 3.60. The van der Waals surface area contributed by atoms with E-state index in [4.69, 9.17) is 0 Å². The molecule has 0 unspecified atom stereocenters. The van der Waals surface area contributed by atoms with Gasteiger partial charge in [-0.15, -0.1) is 0 Å². The van der Waals surface area contributed by atoms with Crippen LogP contribution in [0.4, 0.5) is 8.78 Å². The van der Waals surface area contributed by atoms with Gasteiger partial charge in [0.25, 0.3) is 12.0 Å². The Bertz CT molecular complexity index is 455. The lowest BCUT2D eigenvalue weighted by Gasteiger charge is -2.05. The predicted molar refractivity (Wildman–Crippen MR) is 49.6 cm³/mol. The van der Waals surface area contributed by atoms with Crippen LogP contribution < -0.4 is 5.56 Å². The fourth-order valence-corrected chi connectivity index (χ4v) is 1.06. The summed E-state index contributed by atoms with van der Waals surface area (Å²) in [5.41, 5.74) is -2.52. The summed E-state index contributed by atoms with van der Waals surface area (Å²) in [4.78, 5) is 23.9. The molecule has 16 heavy (non-hydrogen) atoms. The first kappa shape index (κ1) is 12.2. The molecule has 0 fully saturated rings. The van der Waals surface area contributed by atoms with Gasteiger partial charge in [0.1, 0.15) is 5.56 Å². The maximum absolute atomic E-state index is 12.3. The molecule has 2 N–H and O–H groups in total. The van der Waals surface area contributed by atoms with E-state index in [9.17, 15) is 23.5 Å². The van der Waals surface area contributed by atoms with E-state index in [1.54, 1.807) is 4.98 Å². The number of carbonyl (C=O) groups excluding carboxylic acids is 1. The van der Waals surface area contributed by atoms with Gasteiger partial charge in [-0.3, -0.25) is 9.78 Å². The number of aromatic amines is 1. The normalized spacial score (nSPS) is 10.5. The molecule has 0 aliphatic rings. The number of esters is 1. The fourth-order valence-electron chi connectivity index (χ4n) is 1.06. The molecule has 0 saturated heterocycles. The summed E-state index contributed by atoms with van der Waals surface area (Å²) in [6.07, 6.45) is -3.03. The maximum atomic E-state index is 12.3. The largest absolute Gasteiger partial charge is 0.494 e. The number of hydrogen-bond acceptors (Lipinski definition) is 4. The van der Waals surface area contributed by atoms with E-state index in [2.05, 4.69) is 4.74 Å². The molecule has 0 aliphatic heterocycles. The quantitative estimate of drug-likeness (QED) is 0.768. The topological polar surface area (TPSA) is 79.4 Å². The van der Waals surface area contributed by atoms with Gasteiger partial charge in [-0.1, -0.05) is 0 Å². The molecule has 0 bridgehead atoms. The molecule has 0 aliphatic carbocycles. The first-order chi connectivity index (χ1) is 7.47. The summed E-state index contributed by atoms with van der Waals surface area (Å²) in [5, 5.41) is 9.19. The first-order valence-electron chi connectivity index (χ1n) is 4.38. The average molecular weight is 233 g/mol. The first-order valence-corrected chi connectivity index (χ1v) is 4.38. The number of aromatic nitrogens is 1. The monoisotopic (exact) mass is 233 g/mol. The molecule has 7 heteroatoms. The molecule has 1 aromatic rings. The third-order valence-corrected chi connectivity index (χ3v) is 1.78. The van der Waals surface area contributed by atoms with Crippen LogP contribution in [0.2, 0.25) is 0 Å². The van der Waals surface area contributed by atoms with Crippen LogP contribution in [0.1, 0.15) is 29.3 Å². The van der Waals surface area contributed by atoms with Gasteiger partial charge in [-0.05, 0) is 13.0 Å². The van der Waals surface area contributed by atoms with Crippen molar-refractivity contribution in [3.8, 4) is 5.88 Å². The minimum absolute atomic E-state index is 0.0292. The van der Waals surface area contributed by atoms with Gasteiger partial charge in [-0.2, -0.15) is 0 Å². The van der Waals surface area contributed by atoms with Gasteiger partial charge in [-0.25, -0.2) is 13.6 Å². The number of rotatable bonds is 3. The Morgan fingerprint density at radius 2 is 2.25 bits per heavy atom. The lowest BCUT2D eigenvalue weighted by molar-refractivity contribution is 0.0521. The molecule has 0 atom stereocenters. The van der Waals surface area contributed by atoms with Crippen molar-refractivity contribution in [2.45, 2.75) is 13.3 Å². The molecular formula is C9H9F2NO4. The molecule has 5 nitrogen and oxygen atoms in total. The highest BCUT2D eigenvalue weighted by Crippen LogP contribution is 2.20. The summed E-state index contributed by atoms with van der Waals surface area (Å²) in [6.45, 7) is 1.55. The third-order valence-electron chi connectivity index (χ3n) is 1.78. The Morgan fingerprint density at radius 3 is 2.75 bits per heavy atom. The van der Waals surface area contributed by atoms with Gasteiger partial charge in [0.15, 0.2) is 0 Å². The summed E-state index contributed by atoms with van der Waals surface area (Å²) < 4.78 is 29.2. The minimum atomic E-state index is -3.03. The molecule has 88 valence electrons. The van der Waals surface area contributed by atoms with Crippen LogP contribution in [-0.4, -0.2) is 22.7 Å². The van der Waals surface area contributed by atoms with E-state index in [0.717, 1.165) is 0 Å². The lowest BCUT2D eigenvalue weighted by atomic mass is 10.2. The van der Waals surface area contributed by atoms with Gasteiger partial charge in [0, 0.05) is 0 Å². The molecule has 0 amide bonds. The van der Waals surface area contributed by atoms with E-state index in [-0.39, 0.29) is 6.61 Å². The van der Waals surface area contributed by atoms with Gasteiger partial charge in [0.2, 0.25) is 5.88 Å². The standard InChI is InChI=1S/C9H9F2NO4/c1-2-16-9(15)5-3-4(6(10)11)7(13)12-8(5)14/h3,6H,2H2,1H3,(H2,12,13,14). The highest BCUT2D eigenvalue weighted by atomic mass is 19.3. The summed E-state index contributed by atoms with van der Waals surface area (Å²) in [6, 6.07) is 0.622. The molecule has 1 rings (SSSR count). The van der Waals surface area contributed by atoms with Crippen LogP contribution in [0.5, 0.6) is 5.88 Å². The number of ether oxygens (including phenoxy) is 1. The third kappa shape index (κ3) is 2.36. The molecule has 0 saturated carbocycles. The number of carbonyl (C=O) groups is 1. The number of H-pyrrole nitrogens is 1.